The van der Waals surface area contributed by atoms with Crippen molar-refractivity contribution in [1.82, 2.24) is 10.2 Å². The van der Waals surface area contributed by atoms with E-state index in [0.29, 0.717) is 0 Å². The molecule has 0 bridgehead atoms. The highest BCUT2D eigenvalue weighted by molar-refractivity contribution is 7.99. The Hall–Kier alpha value is -0.290. The summed E-state index contributed by atoms with van der Waals surface area (Å²) >= 11 is 7.83. The molecule has 0 radical (unpaired) electrons. The fourth-order valence-corrected chi connectivity index (χ4v) is 3.33. The fraction of sp³-hybridized carbons (Fsp3) is 0.571. The van der Waals surface area contributed by atoms with Crippen LogP contribution < -0.4 is 5.32 Å². The standard InChI is InChI=1S/C14H20ClFN2S/c1-11(12-2-3-14(16)13(15)10-12)17-4-5-18-6-8-19-9-7-18/h2-3,10-11,17H,4-9H2,1H3. The molecule has 2 rings (SSSR count). The largest absolute Gasteiger partial charge is 0.309 e. The molecule has 0 aliphatic carbocycles. The van der Waals surface area contributed by atoms with E-state index in [1.807, 2.05) is 11.8 Å². The van der Waals surface area contributed by atoms with Crippen LogP contribution in [0.3, 0.4) is 0 Å². The highest BCUT2D eigenvalue weighted by atomic mass is 35.5. The smallest absolute Gasteiger partial charge is 0.141 e. The lowest BCUT2D eigenvalue weighted by atomic mass is 10.1. The van der Waals surface area contributed by atoms with Gasteiger partial charge in [0, 0.05) is 43.7 Å². The Labute approximate surface area is 123 Å². The predicted molar refractivity (Wildman–Crippen MR) is 81.6 cm³/mol. The molecule has 19 heavy (non-hydrogen) atoms. The maximum atomic E-state index is 13.1. The van der Waals surface area contributed by atoms with Gasteiger partial charge in [-0.2, -0.15) is 11.8 Å². The van der Waals surface area contributed by atoms with Crippen LogP contribution >= 0.6 is 23.4 Å². The van der Waals surface area contributed by atoms with Crippen LogP contribution in [-0.4, -0.2) is 42.6 Å². The average molecular weight is 303 g/mol. The van der Waals surface area contributed by atoms with Gasteiger partial charge in [-0.05, 0) is 24.6 Å². The van der Waals surface area contributed by atoms with Crippen molar-refractivity contribution < 1.29 is 4.39 Å². The number of hydrogen-bond acceptors (Lipinski definition) is 3. The van der Waals surface area contributed by atoms with E-state index in [-0.39, 0.29) is 16.9 Å². The van der Waals surface area contributed by atoms with Crippen molar-refractivity contribution in [3.05, 3.63) is 34.6 Å². The lowest BCUT2D eigenvalue weighted by molar-refractivity contribution is 0.297. The third-order valence-electron chi connectivity index (χ3n) is 3.43. The van der Waals surface area contributed by atoms with Gasteiger partial charge in [-0.25, -0.2) is 4.39 Å². The molecule has 1 aliphatic heterocycles. The Bertz CT molecular complexity index is 410. The van der Waals surface area contributed by atoms with Gasteiger partial charge in [0.2, 0.25) is 0 Å². The number of rotatable bonds is 5. The van der Waals surface area contributed by atoms with Crippen molar-refractivity contribution in [2.45, 2.75) is 13.0 Å². The summed E-state index contributed by atoms with van der Waals surface area (Å²) in [5.41, 5.74) is 1.03. The number of thioether (sulfide) groups is 1. The molecule has 0 saturated carbocycles. The van der Waals surface area contributed by atoms with Gasteiger partial charge in [0.15, 0.2) is 0 Å². The minimum atomic E-state index is -0.358. The first-order chi connectivity index (χ1) is 9.16. The second kappa shape index (κ2) is 7.48. The highest BCUT2D eigenvalue weighted by Gasteiger charge is 2.11. The minimum Gasteiger partial charge on any atom is -0.309 e. The summed E-state index contributed by atoms with van der Waals surface area (Å²) in [6.07, 6.45) is 0. The molecule has 0 amide bonds. The van der Waals surface area contributed by atoms with Crippen LogP contribution in [0.5, 0.6) is 0 Å². The Kier molecular flexibility index (Phi) is 5.95. The summed E-state index contributed by atoms with van der Waals surface area (Å²) in [5, 5.41) is 3.66. The molecule has 1 atom stereocenters. The van der Waals surface area contributed by atoms with Gasteiger partial charge in [-0.15, -0.1) is 0 Å². The summed E-state index contributed by atoms with van der Waals surface area (Å²) in [6.45, 7) is 6.46. The van der Waals surface area contributed by atoms with E-state index in [4.69, 9.17) is 11.6 Å². The first kappa shape index (κ1) is 15.1. The Morgan fingerprint density at radius 3 is 2.84 bits per heavy atom. The van der Waals surface area contributed by atoms with Gasteiger partial charge in [0.25, 0.3) is 0 Å². The van der Waals surface area contributed by atoms with Crippen LogP contribution in [0.15, 0.2) is 18.2 Å². The van der Waals surface area contributed by atoms with Gasteiger partial charge in [-0.3, -0.25) is 0 Å². The third kappa shape index (κ3) is 4.63. The van der Waals surface area contributed by atoms with Crippen molar-refractivity contribution >= 4 is 23.4 Å². The molecule has 5 heteroatoms. The molecular weight excluding hydrogens is 283 g/mol. The predicted octanol–water partition coefficient (Wildman–Crippen LogP) is 3.18. The van der Waals surface area contributed by atoms with Gasteiger partial charge < -0.3 is 10.2 Å². The van der Waals surface area contributed by atoms with Crippen LogP contribution in [0.4, 0.5) is 4.39 Å². The second-order valence-electron chi connectivity index (χ2n) is 4.80. The van der Waals surface area contributed by atoms with Gasteiger partial charge >= 0.3 is 0 Å². The normalized spacial score (nSPS) is 18.5. The van der Waals surface area contributed by atoms with Crippen molar-refractivity contribution in [2.24, 2.45) is 0 Å². The van der Waals surface area contributed by atoms with E-state index in [0.717, 1.165) is 18.7 Å². The monoisotopic (exact) mass is 302 g/mol. The molecular formula is C14H20ClFN2S. The molecule has 2 nitrogen and oxygen atoms in total. The van der Waals surface area contributed by atoms with E-state index in [9.17, 15) is 4.39 Å². The Morgan fingerprint density at radius 2 is 2.16 bits per heavy atom. The van der Waals surface area contributed by atoms with E-state index >= 15 is 0 Å². The lowest BCUT2D eigenvalue weighted by Gasteiger charge is -2.26. The van der Waals surface area contributed by atoms with Gasteiger partial charge in [0.05, 0.1) is 5.02 Å². The molecule has 1 aromatic rings. The highest BCUT2D eigenvalue weighted by Crippen LogP contribution is 2.20. The molecule has 0 spiro atoms. The summed E-state index contributed by atoms with van der Waals surface area (Å²) in [7, 11) is 0. The van der Waals surface area contributed by atoms with Crippen molar-refractivity contribution in [3.8, 4) is 0 Å². The zero-order valence-corrected chi connectivity index (χ0v) is 12.7. The average Bonchev–Trinajstić information content (AvgIpc) is 2.43. The van der Waals surface area contributed by atoms with Crippen LogP contribution in [0.1, 0.15) is 18.5 Å². The molecule has 1 heterocycles. The molecule has 1 N–H and O–H groups in total. The topological polar surface area (TPSA) is 15.3 Å². The summed E-state index contributed by atoms with van der Waals surface area (Å²) in [6, 6.07) is 5.11. The van der Waals surface area contributed by atoms with Crippen LogP contribution in [-0.2, 0) is 0 Å². The van der Waals surface area contributed by atoms with Crippen LogP contribution in [0, 0.1) is 5.82 Å². The number of nitrogens with zero attached hydrogens (tertiary/aromatic N) is 1. The summed E-state index contributed by atoms with van der Waals surface area (Å²) < 4.78 is 13.1. The van der Waals surface area contributed by atoms with Crippen LogP contribution in [0.2, 0.25) is 5.02 Å². The SMILES string of the molecule is CC(NCCN1CCSCC1)c1ccc(F)c(Cl)c1. The quantitative estimate of drug-likeness (QED) is 0.899. The third-order valence-corrected chi connectivity index (χ3v) is 4.66. The van der Waals surface area contributed by atoms with Crippen molar-refractivity contribution in [1.29, 1.82) is 0 Å². The lowest BCUT2D eigenvalue weighted by Crippen LogP contribution is -2.38. The maximum absolute atomic E-state index is 13.1. The van der Waals surface area contributed by atoms with E-state index < -0.39 is 0 Å². The number of nitrogens with one attached hydrogen (secondary N) is 1. The van der Waals surface area contributed by atoms with Crippen molar-refractivity contribution in [3.63, 3.8) is 0 Å². The number of benzene rings is 1. The molecule has 1 fully saturated rings. The first-order valence-corrected chi connectivity index (χ1v) is 8.18. The van der Waals surface area contributed by atoms with E-state index in [2.05, 4.69) is 17.1 Å². The molecule has 1 aliphatic rings. The second-order valence-corrected chi connectivity index (χ2v) is 6.44. The van der Waals surface area contributed by atoms with Crippen molar-refractivity contribution in [2.75, 3.05) is 37.7 Å². The number of halogens is 2. The number of hydrogen-bond donors (Lipinski definition) is 1. The van der Waals surface area contributed by atoms with Gasteiger partial charge in [-0.1, -0.05) is 17.7 Å². The zero-order chi connectivity index (χ0) is 13.7. The first-order valence-electron chi connectivity index (χ1n) is 6.65. The Morgan fingerprint density at radius 1 is 1.42 bits per heavy atom. The van der Waals surface area contributed by atoms with Gasteiger partial charge in [0.1, 0.15) is 5.82 Å². The maximum Gasteiger partial charge on any atom is 0.141 e. The molecule has 1 aromatic carbocycles. The Balaban J connectivity index is 1.76. The molecule has 1 unspecified atom stereocenters. The van der Waals surface area contributed by atoms with E-state index in [1.54, 1.807) is 12.1 Å². The molecule has 106 valence electrons. The van der Waals surface area contributed by atoms with Crippen LogP contribution in [0.25, 0.3) is 0 Å². The summed E-state index contributed by atoms with van der Waals surface area (Å²) in [5.74, 6) is 2.12. The summed E-state index contributed by atoms with van der Waals surface area (Å²) in [4.78, 5) is 2.48. The minimum absolute atomic E-state index is 0.192. The van der Waals surface area contributed by atoms with E-state index in [1.165, 1.54) is 30.7 Å². The zero-order valence-electron chi connectivity index (χ0n) is 11.2. The molecule has 1 saturated heterocycles. The molecule has 0 aromatic heterocycles. The fourth-order valence-electron chi connectivity index (χ4n) is 2.16.